The van der Waals surface area contributed by atoms with E-state index in [0.717, 1.165) is 0 Å². The van der Waals surface area contributed by atoms with Crippen molar-refractivity contribution in [2.75, 3.05) is 7.05 Å². The van der Waals surface area contributed by atoms with Crippen molar-refractivity contribution in [1.29, 1.82) is 0 Å². The van der Waals surface area contributed by atoms with Crippen LogP contribution in [0.25, 0.3) is 0 Å². The van der Waals surface area contributed by atoms with Gasteiger partial charge in [-0.2, -0.15) is 0 Å². The Labute approximate surface area is 109 Å². The van der Waals surface area contributed by atoms with Gasteiger partial charge < -0.3 is 15.2 Å². The highest BCUT2D eigenvalue weighted by Crippen LogP contribution is 2.45. The number of carbonyl (C=O) groups is 2. The first-order chi connectivity index (χ1) is 8.98. The highest BCUT2D eigenvalue weighted by Gasteiger charge is 2.53. The van der Waals surface area contributed by atoms with Crippen LogP contribution in [0.3, 0.4) is 0 Å². The fraction of sp³-hybridized carbons (Fsp3) is 0.385. The number of carboxylic acid groups (broad SMARTS) is 1. The van der Waals surface area contributed by atoms with Gasteiger partial charge in [-0.1, -0.05) is 12.1 Å². The fourth-order valence-electron chi connectivity index (χ4n) is 2.33. The summed E-state index contributed by atoms with van der Waals surface area (Å²) in [5, 5.41) is 11.7. The van der Waals surface area contributed by atoms with Gasteiger partial charge in [-0.15, -0.1) is 0 Å². The molecule has 0 spiro atoms. The number of aliphatic carboxylic acids is 1. The maximum absolute atomic E-state index is 13.2. The third-order valence-electron chi connectivity index (χ3n) is 3.42. The summed E-state index contributed by atoms with van der Waals surface area (Å²) in [4.78, 5) is 22.5. The van der Waals surface area contributed by atoms with Crippen molar-refractivity contribution in [2.45, 2.75) is 24.4 Å². The van der Waals surface area contributed by atoms with E-state index in [1.807, 2.05) is 0 Å². The molecule has 0 radical (unpaired) electrons. The molecule has 102 valence electrons. The summed E-state index contributed by atoms with van der Waals surface area (Å²) in [5.41, 5.74) is -0.766. The lowest BCUT2D eigenvalue weighted by atomic mass is 9.62. The second kappa shape index (κ2) is 4.87. The summed E-state index contributed by atoms with van der Waals surface area (Å²) < 4.78 is 18.2. The van der Waals surface area contributed by atoms with E-state index in [1.165, 1.54) is 25.2 Å². The average molecular weight is 267 g/mol. The number of nitrogens with one attached hydrogen (secondary N) is 1. The lowest BCUT2D eigenvalue weighted by Crippen LogP contribution is -2.52. The molecule has 0 saturated heterocycles. The zero-order valence-corrected chi connectivity index (χ0v) is 10.4. The molecule has 1 amide bonds. The van der Waals surface area contributed by atoms with Gasteiger partial charge >= 0.3 is 12.1 Å². The standard InChI is InChI=1S/C13H14FNO4/c1-15-12(18)19-10-6-13(7-10,11(16)17)8-3-2-4-9(14)5-8/h2-5,10H,6-7H2,1H3,(H,15,18)(H,16,17). The average Bonchev–Trinajstić information content (AvgIpc) is 2.32. The summed E-state index contributed by atoms with van der Waals surface area (Å²) in [6.45, 7) is 0. The molecule has 1 fully saturated rings. The Hall–Kier alpha value is -2.11. The predicted octanol–water partition coefficient (Wildman–Crippen LogP) is 1.67. The molecule has 2 N–H and O–H groups in total. The van der Waals surface area contributed by atoms with Crippen molar-refractivity contribution in [3.05, 3.63) is 35.6 Å². The SMILES string of the molecule is CNC(=O)OC1CC(C(=O)O)(c2cccc(F)c2)C1. The Morgan fingerprint density at radius 2 is 2.16 bits per heavy atom. The van der Waals surface area contributed by atoms with Crippen molar-refractivity contribution in [3.8, 4) is 0 Å². The van der Waals surface area contributed by atoms with Crippen LogP contribution in [0.5, 0.6) is 0 Å². The van der Waals surface area contributed by atoms with Gasteiger partial charge in [0.05, 0.1) is 5.41 Å². The molecule has 5 nitrogen and oxygen atoms in total. The van der Waals surface area contributed by atoms with E-state index >= 15 is 0 Å². The van der Waals surface area contributed by atoms with Gasteiger partial charge in [-0.3, -0.25) is 4.79 Å². The van der Waals surface area contributed by atoms with Crippen molar-refractivity contribution in [2.24, 2.45) is 0 Å². The molecule has 0 aliphatic heterocycles. The lowest BCUT2D eigenvalue weighted by molar-refractivity contribution is -0.153. The van der Waals surface area contributed by atoms with Crippen LogP contribution < -0.4 is 5.32 Å². The van der Waals surface area contributed by atoms with Gasteiger partial charge in [-0.05, 0) is 17.7 Å². The van der Waals surface area contributed by atoms with Crippen molar-refractivity contribution in [3.63, 3.8) is 0 Å². The van der Waals surface area contributed by atoms with Crippen LogP contribution >= 0.6 is 0 Å². The largest absolute Gasteiger partial charge is 0.481 e. The molecule has 1 aliphatic carbocycles. The maximum atomic E-state index is 13.2. The van der Waals surface area contributed by atoms with Gasteiger partial charge in [-0.25, -0.2) is 9.18 Å². The Morgan fingerprint density at radius 3 is 2.68 bits per heavy atom. The van der Waals surface area contributed by atoms with E-state index < -0.39 is 29.4 Å². The van der Waals surface area contributed by atoms with E-state index in [-0.39, 0.29) is 12.8 Å². The minimum absolute atomic E-state index is 0.152. The van der Waals surface area contributed by atoms with Crippen molar-refractivity contribution >= 4 is 12.1 Å². The van der Waals surface area contributed by atoms with Crippen molar-refractivity contribution < 1.29 is 23.8 Å². The van der Waals surface area contributed by atoms with Crippen LogP contribution in [0.15, 0.2) is 24.3 Å². The number of carboxylic acids is 1. The Kier molecular flexibility index (Phi) is 3.42. The minimum atomic E-state index is -1.17. The molecule has 0 bridgehead atoms. The van der Waals surface area contributed by atoms with Gasteiger partial charge in [0, 0.05) is 19.9 Å². The number of amides is 1. The van der Waals surface area contributed by atoms with E-state index in [0.29, 0.717) is 5.56 Å². The monoisotopic (exact) mass is 267 g/mol. The molecule has 19 heavy (non-hydrogen) atoms. The van der Waals surface area contributed by atoms with Gasteiger partial charge in [0.25, 0.3) is 0 Å². The molecule has 0 unspecified atom stereocenters. The third kappa shape index (κ3) is 2.38. The van der Waals surface area contributed by atoms with Crippen LogP contribution in [0.2, 0.25) is 0 Å². The summed E-state index contributed by atoms with van der Waals surface area (Å²) >= 11 is 0. The van der Waals surface area contributed by atoms with Crippen LogP contribution in [0, 0.1) is 5.82 Å². The third-order valence-corrected chi connectivity index (χ3v) is 3.42. The molecule has 1 aliphatic rings. The first kappa shape index (κ1) is 13.3. The van der Waals surface area contributed by atoms with Crippen LogP contribution in [-0.2, 0) is 14.9 Å². The molecule has 1 saturated carbocycles. The summed E-state index contributed by atoms with van der Waals surface area (Å²) in [6, 6.07) is 5.52. The first-order valence-electron chi connectivity index (χ1n) is 5.86. The van der Waals surface area contributed by atoms with Crippen molar-refractivity contribution in [1.82, 2.24) is 5.32 Å². The second-order valence-electron chi connectivity index (χ2n) is 4.58. The van der Waals surface area contributed by atoms with Crippen LogP contribution in [0.4, 0.5) is 9.18 Å². The minimum Gasteiger partial charge on any atom is -0.481 e. The highest BCUT2D eigenvalue weighted by molar-refractivity contribution is 5.83. The molecule has 0 heterocycles. The van der Waals surface area contributed by atoms with Crippen LogP contribution in [-0.4, -0.2) is 30.3 Å². The maximum Gasteiger partial charge on any atom is 0.407 e. The zero-order valence-electron chi connectivity index (χ0n) is 10.4. The first-order valence-corrected chi connectivity index (χ1v) is 5.86. The molecule has 2 rings (SSSR count). The molecular formula is C13H14FNO4. The number of carbonyl (C=O) groups excluding carboxylic acids is 1. The number of ether oxygens (including phenoxy) is 1. The zero-order chi connectivity index (χ0) is 14.0. The van der Waals surface area contributed by atoms with Gasteiger partial charge in [0.15, 0.2) is 0 Å². The quantitative estimate of drug-likeness (QED) is 0.873. The molecule has 0 atom stereocenters. The Bertz CT molecular complexity index is 511. The highest BCUT2D eigenvalue weighted by atomic mass is 19.1. The van der Waals surface area contributed by atoms with E-state index in [9.17, 15) is 19.1 Å². The molecule has 1 aromatic carbocycles. The van der Waals surface area contributed by atoms with Gasteiger partial charge in [0.1, 0.15) is 11.9 Å². The Morgan fingerprint density at radius 1 is 1.47 bits per heavy atom. The number of hydrogen-bond acceptors (Lipinski definition) is 3. The van der Waals surface area contributed by atoms with E-state index in [2.05, 4.69) is 5.32 Å². The Balaban J connectivity index is 2.16. The smallest absolute Gasteiger partial charge is 0.407 e. The number of benzene rings is 1. The topological polar surface area (TPSA) is 75.6 Å². The summed E-state index contributed by atoms with van der Waals surface area (Å²) in [5.74, 6) is -1.51. The number of alkyl carbamates (subject to hydrolysis) is 1. The van der Waals surface area contributed by atoms with E-state index in [1.54, 1.807) is 6.07 Å². The number of hydrogen-bond donors (Lipinski definition) is 2. The molecular weight excluding hydrogens is 253 g/mol. The molecule has 6 heteroatoms. The summed E-state index contributed by atoms with van der Waals surface area (Å²) in [7, 11) is 1.43. The van der Waals surface area contributed by atoms with Crippen LogP contribution in [0.1, 0.15) is 18.4 Å². The predicted molar refractivity (Wildman–Crippen MR) is 64.3 cm³/mol. The lowest BCUT2D eigenvalue weighted by Gasteiger charge is -2.43. The van der Waals surface area contributed by atoms with Gasteiger partial charge in [0.2, 0.25) is 0 Å². The molecule has 0 aromatic heterocycles. The number of halogens is 1. The van der Waals surface area contributed by atoms with E-state index in [4.69, 9.17) is 4.74 Å². The molecule has 1 aromatic rings. The summed E-state index contributed by atoms with van der Waals surface area (Å²) in [6.07, 6.45) is -0.749. The number of rotatable bonds is 3. The fourth-order valence-corrected chi connectivity index (χ4v) is 2.33. The normalized spacial score (nSPS) is 25.3. The second-order valence-corrected chi connectivity index (χ2v) is 4.58.